The van der Waals surface area contributed by atoms with Crippen LogP contribution in [0, 0.1) is 0 Å². The molecule has 170 valence electrons. The Balaban J connectivity index is 1.91. The zero-order chi connectivity index (χ0) is 23.4. The van der Waals surface area contributed by atoms with Gasteiger partial charge in [-0.15, -0.1) is 0 Å². The van der Waals surface area contributed by atoms with Gasteiger partial charge in [0.1, 0.15) is 17.2 Å². The molecule has 1 aliphatic carbocycles. The topological polar surface area (TPSA) is 54.7 Å². The summed E-state index contributed by atoms with van der Waals surface area (Å²) < 4.78 is 24.4. The summed E-state index contributed by atoms with van der Waals surface area (Å²) in [5.74, 6) is 0.313. The molecule has 6 nitrogen and oxygen atoms in total. The molecule has 1 heterocycles. The number of hydrogen-bond donors (Lipinski definition) is 0. The van der Waals surface area contributed by atoms with Crippen molar-refractivity contribution in [3.05, 3.63) is 84.1 Å². The second-order valence-electron chi connectivity index (χ2n) is 7.41. The highest BCUT2D eigenvalue weighted by atomic mass is 32.1. The van der Waals surface area contributed by atoms with E-state index in [2.05, 4.69) is 0 Å². The largest absolute Gasteiger partial charge is 0.497 e. The van der Waals surface area contributed by atoms with Crippen LogP contribution in [-0.2, 0) is 15.3 Å². The molecule has 0 unspecified atom stereocenters. The highest BCUT2D eigenvalue weighted by Crippen LogP contribution is 2.39. The maximum Gasteiger partial charge on any atom is 0.242 e. The van der Waals surface area contributed by atoms with Gasteiger partial charge in [0.2, 0.25) is 5.79 Å². The number of thiocarbonyl (C=S) groups is 1. The highest BCUT2D eigenvalue weighted by molar-refractivity contribution is 7.80. The van der Waals surface area contributed by atoms with Gasteiger partial charge in [0.15, 0.2) is 0 Å². The second-order valence-corrected chi connectivity index (χ2v) is 7.91. The molecule has 7 heteroatoms. The fourth-order valence-electron chi connectivity index (χ4n) is 3.92. The first-order chi connectivity index (χ1) is 16.1. The van der Waals surface area contributed by atoms with Gasteiger partial charge in [-0.1, -0.05) is 30.4 Å². The van der Waals surface area contributed by atoms with E-state index in [4.69, 9.17) is 36.3 Å². The monoisotopic (exact) mass is 462 g/mol. The van der Waals surface area contributed by atoms with E-state index in [-0.39, 0.29) is 0 Å². The van der Waals surface area contributed by atoms with Gasteiger partial charge in [-0.3, -0.25) is 0 Å². The number of aromatic nitrogens is 2. The van der Waals surface area contributed by atoms with Crippen molar-refractivity contribution in [3.63, 3.8) is 0 Å². The van der Waals surface area contributed by atoms with E-state index in [0.29, 0.717) is 12.1 Å². The lowest BCUT2D eigenvalue weighted by Crippen LogP contribution is -2.37. The lowest BCUT2D eigenvalue weighted by Gasteiger charge is -2.32. The summed E-state index contributed by atoms with van der Waals surface area (Å²) in [5.41, 5.74) is 4.07. The molecular formula is C26H26N2O4S. The lowest BCUT2D eigenvalue weighted by molar-refractivity contribution is -0.185. The van der Waals surface area contributed by atoms with Crippen LogP contribution in [0.15, 0.2) is 78.4 Å². The minimum Gasteiger partial charge on any atom is -0.497 e. The van der Waals surface area contributed by atoms with Crippen LogP contribution in [0.4, 0.5) is 0 Å². The van der Waals surface area contributed by atoms with Crippen molar-refractivity contribution in [1.29, 1.82) is 0 Å². The summed E-state index contributed by atoms with van der Waals surface area (Å²) >= 11 is 5.65. The Labute approximate surface area is 199 Å². The van der Waals surface area contributed by atoms with Crippen molar-refractivity contribution >= 4 is 17.1 Å². The summed E-state index contributed by atoms with van der Waals surface area (Å²) in [7, 11) is 6.50. The molecule has 3 aromatic rings. The molecule has 1 aromatic heterocycles. The number of allylic oxidation sites excluding steroid dienone is 3. The van der Waals surface area contributed by atoms with Crippen molar-refractivity contribution in [2.75, 3.05) is 28.4 Å². The van der Waals surface area contributed by atoms with Gasteiger partial charge in [0.25, 0.3) is 0 Å². The average molecular weight is 463 g/mol. The normalized spacial score (nSPS) is 13.7. The number of rotatable bonds is 8. The number of hydrogen-bond acceptors (Lipinski definition) is 6. The van der Waals surface area contributed by atoms with E-state index in [9.17, 15) is 0 Å². The Morgan fingerprint density at radius 3 is 2.03 bits per heavy atom. The molecule has 0 radical (unpaired) electrons. The molecule has 0 saturated carbocycles. The summed E-state index contributed by atoms with van der Waals surface area (Å²) in [6, 6.07) is 17.5. The molecule has 0 aliphatic heterocycles. The van der Waals surface area contributed by atoms with Crippen LogP contribution in [0.25, 0.3) is 16.9 Å². The van der Waals surface area contributed by atoms with Gasteiger partial charge >= 0.3 is 0 Å². The van der Waals surface area contributed by atoms with Crippen LogP contribution in [0.2, 0.25) is 0 Å². The molecule has 0 saturated heterocycles. The third-order valence-electron chi connectivity index (χ3n) is 5.68. The fraction of sp³-hybridized carbons (Fsp3) is 0.231. The maximum atomic E-state index is 5.97. The van der Waals surface area contributed by atoms with E-state index < -0.39 is 5.79 Å². The SMILES string of the molecule is COc1ccc(-c2cc(C(OC)(OC)C3=CC=CCC3=S)nn2-c2ccc(OC)cc2)cc1. The van der Waals surface area contributed by atoms with Crippen molar-refractivity contribution in [2.45, 2.75) is 12.2 Å². The predicted molar refractivity (Wildman–Crippen MR) is 132 cm³/mol. The van der Waals surface area contributed by atoms with E-state index >= 15 is 0 Å². The Morgan fingerprint density at radius 1 is 0.879 bits per heavy atom. The molecule has 0 amide bonds. The predicted octanol–water partition coefficient (Wildman–Crippen LogP) is 5.26. The zero-order valence-electron chi connectivity index (χ0n) is 19.1. The van der Waals surface area contributed by atoms with Crippen molar-refractivity contribution in [1.82, 2.24) is 9.78 Å². The van der Waals surface area contributed by atoms with Crippen LogP contribution < -0.4 is 9.47 Å². The standard InChI is InChI=1S/C26H26N2O4S/c1-29-20-13-9-18(10-14-20)23-17-25(27-28(23)19-11-15-21(30-2)16-12-19)26(31-3,32-4)22-7-5-6-8-24(22)33/h5-7,9-17H,8H2,1-4H3. The summed E-state index contributed by atoms with van der Waals surface area (Å²) in [4.78, 5) is 0.756. The van der Waals surface area contributed by atoms with E-state index in [0.717, 1.165) is 38.9 Å². The Kier molecular flexibility index (Phi) is 6.74. The molecule has 0 fully saturated rings. The van der Waals surface area contributed by atoms with Crippen LogP contribution in [0.5, 0.6) is 11.5 Å². The van der Waals surface area contributed by atoms with Crippen LogP contribution in [0.3, 0.4) is 0 Å². The zero-order valence-corrected chi connectivity index (χ0v) is 19.9. The lowest BCUT2D eigenvalue weighted by atomic mass is 9.93. The van der Waals surface area contributed by atoms with E-state index in [1.165, 1.54) is 0 Å². The van der Waals surface area contributed by atoms with E-state index in [1.807, 2.05) is 77.5 Å². The molecule has 2 aromatic carbocycles. The van der Waals surface area contributed by atoms with Crippen molar-refractivity contribution in [3.8, 4) is 28.4 Å². The summed E-state index contributed by atoms with van der Waals surface area (Å²) in [6.07, 6.45) is 6.56. The number of ether oxygens (including phenoxy) is 4. The quantitative estimate of drug-likeness (QED) is 0.336. The Hall–Kier alpha value is -3.26. The Morgan fingerprint density at radius 2 is 1.48 bits per heavy atom. The van der Waals surface area contributed by atoms with Crippen LogP contribution in [0.1, 0.15) is 12.1 Å². The molecule has 0 atom stereocenters. The average Bonchev–Trinajstić information content (AvgIpc) is 3.32. The third-order valence-corrected chi connectivity index (χ3v) is 6.07. The van der Waals surface area contributed by atoms with Gasteiger partial charge < -0.3 is 18.9 Å². The smallest absolute Gasteiger partial charge is 0.242 e. The van der Waals surface area contributed by atoms with Crippen LogP contribution >= 0.6 is 12.2 Å². The third kappa shape index (κ3) is 4.23. The van der Waals surface area contributed by atoms with Crippen LogP contribution in [-0.4, -0.2) is 43.1 Å². The number of methoxy groups -OCH3 is 4. The first-order valence-electron chi connectivity index (χ1n) is 10.5. The molecule has 33 heavy (non-hydrogen) atoms. The molecule has 4 rings (SSSR count). The maximum absolute atomic E-state index is 5.97. The van der Waals surface area contributed by atoms with Crippen molar-refractivity contribution in [2.24, 2.45) is 0 Å². The Bertz CT molecular complexity index is 1130. The van der Waals surface area contributed by atoms with E-state index in [1.54, 1.807) is 28.4 Å². The first kappa shape index (κ1) is 22.9. The molecular weight excluding hydrogens is 436 g/mol. The second kappa shape index (κ2) is 9.70. The summed E-state index contributed by atoms with van der Waals surface area (Å²) in [5, 5.41) is 4.95. The van der Waals surface area contributed by atoms with Gasteiger partial charge in [-0.2, -0.15) is 5.10 Å². The molecule has 0 spiro atoms. The number of benzene rings is 2. The van der Waals surface area contributed by atoms with Crippen molar-refractivity contribution < 1.29 is 18.9 Å². The minimum absolute atomic E-state index is 0.595. The fourth-order valence-corrected chi connectivity index (χ4v) is 4.21. The molecule has 1 aliphatic rings. The minimum atomic E-state index is -1.24. The first-order valence-corrected chi connectivity index (χ1v) is 10.9. The molecule has 0 N–H and O–H groups in total. The number of nitrogens with zero attached hydrogens (tertiary/aromatic N) is 2. The summed E-state index contributed by atoms with van der Waals surface area (Å²) in [6.45, 7) is 0. The van der Waals surface area contributed by atoms with Gasteiger partial charge in [0, 0.05) is 36.6 Å². The highest BCUT2D eigenvalue weighted by Gasteiger charge is 2.42. The van der Waals surface area contributed by atoms with Gasteiger partial charge in [0.05, 0.1) is 25.6 Å². The van der Waals surface area contributed by atoms with Gasteiger partial charge in [-0.05, 0) is 54.6 Å². The molecule has 0 bridgehead atoms. The van der Waals surface area contributed by atoms with Gasteiger partial charge in [-0.25, -0.2) is 4.68 Å².